The van der Waals surface area contributed by atoms with E-state index in [4.69, 9.17) is 4.74 Å². The summed E-state index contributed by atoms with van der Waals surface area (Å²) in [4.78, 5) is 6.65. The van der Waals surface area contributed by atoms with Gasteiger partial charge in [0.1, 0.15) is 17.3 Å². The molecule has 4 rings (SSSR count). The van der Waals surface area contributed by atoms with Crippen molar-refractivity contribution >= 4 is 17.6 Å². The minimum absolute atomic E-state index is 0.0119. The van der Waals surface area contributed by atoms with Crippen LogP contribution in [0, 0.1) is 5.82 Å². The Morgan fingerprint density at radius 2 is 1.70 bits per heavy atom. The lowest BCUT2D eigenvalue weighted by Crippen LogP contribution is -2.45. The molecule has 0 amide bonds. The van der Waals surface area contributed by atoms with Gasteiger partial charge in [0, 0.05) is 30.1 Å². The zero-order chi connectivity index (χ0) is 21.3. The van der Waals surface area contributed by atoms with Crippen molar-refractivity contribution in [1.29, 1.82) is 0 Å². The first kappa shape index (κ1) is 20.1. The Balaban J connectivity index is 1.54. The quantitative estimate of drug-likeness (QED) is 0.435. The summed E-state index contributed by atoms with van der Waals surface area (Å²) in [5.74, 6) is 1.64. The zero-order valence-corrected chi connectivity index (χ0v) is 17.9. The Bertz CT molecular complexity index is 1060. The third-order valence-electron chi connectivity index (χ3n) is 5.92. The molecular formula is C26H27FN2O. The number of benzene rings is 3. The van der Waals surface area contributed by atoms with Crippen LogP contribution in [0.2, 0.25) is 0 Å². The number of hydrogen-bond donors (Lipinski definition) is 0. The summed E-state index contributed by atoms with van der Waals surface area (Å²) in [5, 5.41) is 0. The molecule has 4 heteroatoms. The van der Waals surface area contributed by atoms with Gasteiger partial charge in [0.2, 0.25) is 0 Å². The van der Waals surface area contributed by atoms with Gasteiger partial charge < -0.3 is 9.64 Å². The molecule has 0 bridgehead atoms. The van der Waals surface area contributed by atoms with Crippen LogP contribution in [0.5, 0.6) is 11.5 Å². The maximum Gasteiger partial charge on any atom is 0.134 e. The van der Waals surface area contributed by atoms with Crippen molar-refractivity contribution in [2.45, 2.75) is 38.6 Å². The smallest absolute Gasteiger partial charge is 0.134 e. The number of anilines is 1. The molecule has 1 unspecified atom stereocenters. The highest BCUT2D eigenvalue weighted by molar-refractivity contribution is 5.84. The van der Waals surface area contributed by atoms with E-state index in [0.29, 0.717) is 11.5 Å². The van der Waals surface area contributed by atoms with Gasteiger partial charge in [-0.1, -0.05) is 25.1 Å². The van der Waals surface area contributed by atoms with E-state index < -0.39 is 0 Å². The maximum atomic E-state index is 14.8. The second-order valence-corrected chi connectivity index (χ2v) is 8.58. The summed E-state index contributed by atoms with van der Waals surface area (Å²) >= 11 is 0. The summed E-state index contributed by atoms with van der Waals surface area (Å²) in [6.45, 7) is 6.60. The van der Waals surface area contributed by atoms with E-state index in [9.17, 15) is 4.39 Å². The van der Waals surface area contributed by atoms with E-state index in [1.54, 1.807) is 12.3 Å². The maximum absolute atomic E-state index is 14.8. The van der Waals surface area contributed by atoms with Gasteiger partial charge >= 0.3 is 0 Å². The van der Waals surface area contributed by atoms with Gasteiger partial charge in [0.15, 0.2) is 0 Å². The third kappa shape index (κ3) is 4.09. The number of aliphatic imine (C=N–C) groups is 1. The number of halogens is 1. The number of fused-ring (bicyclic) bond motifs is 1. The molecule has 0 saturated carbocycles. The topological polar surface area (TPSA) is 24.8 Å². The minimum Gasteiger partial charge on any atom is -0.457 e. The van der Waals surface area contributed by atoms with Crippen LogP contribution in [0.4, 0.5) is 15.8 Å². The molecule has 1 aliphatic heterocycles. The first-order valence-corrected chi connectivity index (χ1v) is 10.3. The van der Waals surface area contributed by atoms with Gasteiger partial charge in [-0.3, -0.25) is 4.99 Å². The fourth-order valence-corrected chi connectivity index (χ4v) is 4.07. The number of para-hydroxylation sites is 1. The van der Waals surface area contributed by atoms with Gasteiger partial charge in [-0.2, -0.15) is 0 Å². The van der Waals surface area contributed by atoms with Crippen LogP contribution >= 0.6 is 0 Å². The van der Waals surface area contributed by atoms with Crippen LogP contribution in [0.3, 0.4) is 0 Å². The third-order valence-corrected chi connectivity index (χ3v) is 5.92. The number of ether oxygens (including phenoxy) is 1. The normalized spacial score (nSPS) is 17.8. The zero-order valence-electron chi connectivity index (χ0n) is 17.9. The SMILES string of the molecule is CC1CC(C)(C)N(C)c2cc(F)c(C=Nc3ccc(Oc4ccccc4)cc3)cc21. The summed E-state index contributed by atoms with van der Waals surface area (Å²) < 4.78 is 20.6. The molecule has 0 N–H and O–H groups in total. The predicted octanol–water partition coefficient (Wildman–Crippen LogP) is 7.09. The molecule has 0 saturated heterocycles. The summed E-state index contributed by atoms with van der Waals surface area (Å²) in [7, 11) is 2.04. The van der Waals surface area contributed by atoms with Crippen molar-refractivity contribution in [2.24, 2.45) is 4.99 Å². The first-order valence-electron chi connectivity index (χ1n) is 10.3. The van der Waals surface area contributed by atoms with Crippen molar-refractivity contribution in [1.82, 2.24) is 0 Å². The predicted molar refractivity (Wildman–Crippen MR) is 122 cm³/mol. The van der Waals surface area contributed by atoms with E-state index in [-0.39, 0.29) is 11.4 Å². The van der Waals surface area contributed by atoms with Gasteiger partial charge in [-0.25, -0.2) is 4.39 Å². The Morgan fingerprint density at radius 1 is 1.03 bits per heavy atom. The van der Waals surface area contributed by atoms with Gasteiger partial charge in [0.05, 0.1) is 5.69 Å². The second kappa shape index (κ2) is 7.94. The molecule has 3 nitrogen and oxygen atoms in total. The Hall–Kier alpha value is -3.14. The lowest BCUT2D eigenvalue weighted by molar-refractivity contribution is 0.394. The van der Waals surface area contributed by atoms with Crippen LogP contribution in [0.25, 0.3) is 0 Å². The highest BCUT2D eigenvalue weighted by atomic mass is 19.1. The molecule has 0 aliphatic carbocycles. The summed E-state index contributed by atoms with van der Waals surface area (Å²) in [5.41, 5.74) is 3.41. The molecule has 1 atom stereocenters. The molecular weight excluding hydrogens is 375 g/mol. The van der Waals surface area contributed by atoms with Crippen LogP contribution in [0.15, 0.2) is 71.7 Å². The minimum atomic E-state index is -0.252. The fourth-order valence-electron chi connectivity index (χ4n) is 4.07. The van der Waals surface area contributed by atoms with E-state index in [1.165, 1.54) is 5.56 Å². The van der Waals surface area contributed by atoms with E-state index in [2.05, 4.69) is 30.7 Å². The van der Waals surface area contributed by atoms with Crippen LogP contribution in [0.1, 0.15) is 44.2 Å². The molecule has 30 heavy (non-hydrogen) atoms. The largest absolute Gasteiger partial charge is 0.457 e. The Labute approximate surface area is 177 Å². The average Bonchev–Trinajstić information content (AvgIpc) is 2.72. The van der Waals surface area contributed by atoms with E-state index in [1.807, 2.05) is 67.7 Å². The lowest BCUT2D eigenvalue weighted by Gasteiger charge is -2.45. The molecule has 154 valence electrons. The fraction of sp³-hybridized carbons (Fsp3) is 0.269. The van der Waals surface area contributed by atoms with E-state index in [0.717, 1.165) is 29.3 Å². The molecule has 0 spiro atoms. The van der Waals surface area contributed by atoms with E-state index >= 15 is 0 Å². The van der Waals surface area contributed by atoms with Gasteiger partial charge in [-0.15, -0.1) is 0 Å². The molecule has 1 heterocycles. The van der Waals surface area contributed by atoms with Crippen molar-refractivity contribution in [3.8, 4) is 11.5 Å². The summed E-state index contributed by atoms with van der Waals surface area (Å²) in [6, 6.07) is 20.7. The van der Waals surface area contributed by atoms with Crippen LogP contribution in [-0.2, 0) is 0 Å². The van der Waals surface area contributed by atoms with Crippen molar-refractivity contribution < 1.29 is 9.13 Å². The number of hydrogen-bond acceptors (Lipinski definition) is 3. The number of rotatable bonds is 4. The molecule has 3 aromatic carbocycles. The van der Waals surface area contributed by atoms with Crippen molar-refractivity contribution in [3.05, 3.63) is 83.7 Å². The van der Waals surface area contributed by atoms with Gasteiger partial charge in [-0.05, 0) is 80.3 Å². The molecule has 3 aromatic rings. The monoisotopic (exact) mass is 402 g/mol. The summed E-state index contributed by atoms with van der Waals surface area (Å²) in [6.07, 6.45) is 2.64. The average molecular weight is 403 g/mol. The lowest BCUT2D eigenvalue weighted by atomic mass is 9.80. The molecule has 1 aliphatic rings. The standard InChI is InChI=1S/C26H27FN2O/c1-18-16-26(2,3)29(4)25-15-24(27)19(14-23(18)25)17-28-20-10-12-22(13-11-20)30-21-8-6-5-7-9-21/h5-15,17-18H,16H2,1-4H3. The Morgan fingerprint density at radius 3 is 2.40 bits per heavy atom. The van der Waals surface area contributed by atoms with Crippen LogP contribution in [-0.4, -0.2) is 18.8 Å². The second-order valence-electron chi connectivity index (χ2n) is 8.58. The highest BCUT2D eigenvalue weighted by Gasteiger charge is 2.34. The first-order chi connectivity index (χ1) is 14.3. The molecule has 0 aromatic heterocycles. The molecule has 0 fully saturated rings. The highest BCUT2D eigenvalue weighted by Crippen LogP contribution is 2.43. The van der Waals surface area contributed by atoms with Crippen molar-refractivity contribution in [3.63, 3.8) is 0 Å². The van der Waals surface area contributed by atoms with Crippen LogP contribution < -0.4 is 9.64 Å². The van der Waals surface area contributed by atoms with Gasteiger partial charge in [0.25, 0.3) is 0 Å². The number of nitrogens with zero attached hydrogens (tertiary/aromatic N) is 2. The van der Waals surface area contributed by atoms with Crippen molar-refractivity contribution in [2.75, 3.05) is 11.9 Å². The Kier molecular flexibility index (Phi) is 5.33. The molecule has 0 radical (unpaired) electrons.